The van der Waals surface area contributed by atoms with Gasteiger partial charge in [0.2, 0.25) is 5.91 Å². The largest absolute Gasteiger partial charge is 0.353 e. The summed E-state index contributed by atoms with van der Waals surface area (Å²) in [5.74, 6) is 0.707. The minimum absolute atomic E-state index is 0.131. The van der Waals surface area contributed by atoms with Crippen molar-refractivity contribution in [1.29, 1.82) is 0 Å². The molecule has 1 atom stereocenters. The molecule has 0 saturated heterocycles. The highest BCUT2D eigenvalue weighted by atomic mass is 32.2. The van der Waals surface area contributed by atoms with Gasteiger partial charge in [0, 0.05) is 30.3 Å². The van der Waals surface area contributed by atoms with Crippen LogP contribution < -0.4 is 5.32 Å². The van der Waals surface area contributed by atoms with E-state index >= 15 is 0 Å². The number of amides is 1. The molecule has 0 spiro atoms. The van der Waals surface area contributed by atoms with Crippen molar-refractivity contribution in [1.82, 2.24) is 10.2 Å². The minimum atomic E-state index is 0.131. The van der Waals surface area contributed by atoms with Gasteiger partial charge in [-0.25, -0.2) is 0 Å². The Morgan fingerprint density at radius 3 is 2.66 bits per heavy atom. The molecular formula is C27H43N3OS. The van der Waals surface area contributed by atoms with Gasteiger partial charge in [0.05, 0.1) is 11.6 Å². The SMILES string of the molecule is C=C(CC(NC(=O)CCC1=NC/C=C\C(CC)=C/C(=C)S1)C1CCCC1)CN(CC)CC. The number of hydrogen-bond donors (Lipinski definition) is 1. The third kappa shape index (κ3) is 9.50. The Kier molecular flexibility index (Phi) is 12.1. The molecule has 4 nitrogen and oxygen atoms in total. The van der Waals surface area contributed by atoms with Gasteiger partial charge in [-0.3, -0.25) is 14.7 Å². The first-order valence-electron chi connectivity index (χ1n) is 12.4. The van der Waals surface area contributed by atoms with Crippen LogP contribution in [0.2, 0.25) is 0 Å². The Balaban J connectivity index is 1.92. The zero-order valence-electron chi connectivity index (χ0n) is 20.5. The lowest BCUT2D eigenvalue weighted by atomic mass is 9.92. The van der Waals surface area contributed by atoms with Gasteiger partial charge in [-0.15, -0.1) is 0 Å². The molecule has 0 aromatic rings. The van der Waals surface area contributed by atoms with Crippen molar-refractivity contribution in [3.63, 3.8) is 0 Å². The predicted molar refractivity (Wildman–Crippen MR) is 141 cm³/mol. The number of allylic oxidation sites excluding steroid dienone is 3. The zero-order valence-corrected chi connectivity index (χ0v) is 21.3. The number of carbonyl (C=O) groups excluding carboxylic acids is 1. The molecule has 178 valence electrons. The lowest BCUT2D eigenvalue weighted by molar-refractivity contribution is -0.122. The number of likely N-dealkylation sites (N-methyl/N-ethyl adjacent to an activating group) is 1. The molecule has 0 bridgehead atoms. The Morgan fingerprint density at radius 2 is 2.00 bits per heavy atom. The maximum absolute atomic E-state index is 12.9. The van der Waals surface area contributed by atoms with E-state index in [1.807, 2.05) is 0 Å². The Labute approximate surface area is 200 Å². The quantitative estimate of drug-likeness (QED) is 0.351. The summed E-state index contributed by atoms with van der Waals surface area (Å²) in [6.45, 7) is 18.7. The van der Waals surface area contributed by atoms with Crippen molar-refractivity contribution >= 4 is 22.7 Å². The number of aliphatic imine (C=N–C) groups is 1. The van der Waals surface area contributed by atoms with E-state index in [0.717, 1.165) is 42.4 Å². The van der Waals surface area contributed by atoms with Gasteiger partial charge in [0.1, 0.15) is 0 Å². The van der Waals surface area contributed by atoms with E-state index in [2.05, 4.69) is 67.4 Å². The van der Waals surface area contributed by atoms with Gasteiger partial charge in [-0.05, 0) is 56.3 Å². The normalized spacial score (nSPS) is 21.2. The molecule has 2 rings (SSSR count). The second kappa shape index (κ2) is 14.5. The van der Waals surface area contributed by atoms with Crippen molar-refractivity contribution in [3.05, 3.63) is 47.4 Å². The molecule has 0 aromatic heterocycles. The standard InChI is InChI=1S/C27H43N3OS/c1-6-23-12-11-17-28-27(32-22(5)19-23)16-15-26(31)29-25(24-13-9-10-14-24)18-21(4)20-30(7-2)8-3/h11-12,19,24-25H,4-10,13-18,20H2,1-3H3,(H,29,31)/b12-11-,23-19-,28-27?. The van der Waals surface area contributed by atoms with E-state index in [1.54, 1.807) is 11.8 Å². The highest BCUT2D eigenvalue weighted by molar-refractivity contribution is 8.17. The molecule has 1 amide bonds. The summed E-state index contributed by atoms with van der Waals surface area (Å²) in [4.78, 5) is 21.0. The van der Waals surface area contributed by atoms with Crippen LogP contribution in [-0.2, 0) is 4.79 Å². The third-order valence-corrected chi connectivity index (χ3v) is 7.39. The summed E-state index contributed by atoms with van der Waals surface area (Å²) >= 11 is 1.60. The second-order valence-corrected chi connectivity index (χ2v) is 10.1. The maximum atomic E-state index is 12.9. The first-order chi connectivity index (χ1) is 15.4. The van der Waals surface area contributed by atoms with Gasteiger partial charge in [-0.1, -0.05) is 76.3 Å². The molecule has 1 aliphatic carbocycles. The van der Waals surface area contributed by atoms with Crippen LogP contribution in [-0.4, -0.2) is 48.1 Å². The monoisotopic (exact) mass is 457 g/mol. The van der Waals surface area contributed by atoms with Gasteiger partial charge in [0.25, 0.3) is 0 Å². The minimum Gasteiger partial charge on any atom is -0.353 e. The van der Waals surface area contributed by atoms with E-state index < -0.39 is 0 Å². The number of thioether (sulfide) groups is 1. The van der Waals surface area contributed by atoms with Crippen molar-refractivity contribution in [2.24, 2.45) is 10.9 Å². The average Bonchev–Trinajstić information content (AvgIpc) is 3.33. The van der Waals surface area contributed by atoms with Crippen LogP contribution in [0.5, 0.6) is 0 Å². The fourth-order valence-electron chi connectivity index (χ4n) is 4.51. The number of nitrogens with one attached hydrogen (secondary N) is 1. The first kappa shape index (κ1) is 26.7. The van der Waals surface area contributed by atoms with Crippen molar-refractivity contribution in [3.8, 4) is 0 Å². The molecule has 0 radical (unpaired) electrons. The molecular weight excluding hydrogens is 414 g/mol. The molecule has 1 aliphatic heterocycles. The second-order valence-electron chi connectivity index (χ2n) is 8.91. The average molecular weight is 458 g/mol. The summed E-state index contributed by atoms with van der Waals surface area (Å²) in [5.41, 5.74) is 2.49. The molecule has 2 aliphatic rings. The number of rotatable bonds is 12. The van der Waals surface area contributed by atoms with Crippen molar-refractivity contribution < 1.29 is 4.79 Å². The summed E-state index contributed by atoms with van der Waals surface area (Å²) in [5, 5.41) is 4.37. The van der Waals surface area contributed by atoms with E-state index in [9.17, 15) is 4.79 Å². The van der Waals surface area contributed by atoms with Crippen LogP contribution >= 0.6 is 11.8 Å². The van der Waals surface area contributed by atoms with Gasteiger partial charge in [0.15, 0.2) is 0 Å². The molecule has 1 N–H and O–H groups in total. The molecule has 5 heteroatoms. The van der Waals surface area contributed by atoms with Crippen molar-refractivity contribution in [2.45, 2.75) is 78.2 Å². The highest BCUT2D eigenvalue weighted by Crippen LogP contribution is 2.30. The van der Waals surface area contributed by atoms with E-state index in [1.165, 1.54) is 36.8 Å². The number of carbonyl (C=O) groups is 1. The summed E-state index contributed by atoms with van der Waals surface area (Å²) in [6.07, 6.45) is 14.3. The van der Waals surface area contributed by atoms with Crippen LogP contribution in [0, 0.1) is 5.92 Å². The lowest BCUT2D eigenvalue weighted by Gasteiger charge is -2.28. The van der Waals surface area contributed by atoms with E-state index in [-0.39, 0.29) is 11.9 Å². The van der Waals surface area contributed by atoms with Crippen LogP contribution in [0.15, 0.2) is 52.4 Å². The Morgan fingerprint density at radius 1 is 1.28 bits per heavy atom. The smallest absolute Gasteiger partial charge is 0.220 e. The third-order valence-electron chi connectivity index (χ3n) is 6.44. The van der Waals surface area contributed by atoms with Crippen LogP contribution in [0.1, 0.15) is 72.1 Å². The molecule has 1 saturated carbocycles. The highest BCUT2D eigenvalue weighted by Gasteiger charge is 2.27. The van der Waals surface area contributed by atoms with Crippen molar-refractivity contribution in [2.75, 3.05) is 26.2 Å². The van der Waals surface area contributed by atoms with E-state index in [0.29, 0.717) is 25.3 Å². The number of nitrogens with zero attached hydrogens (tertiary/aromatic N) is 2. The fraction of sp³-hybridized carbons (Fsp3) is 0.630. The zero-order chi connectivity index (χ0) is 23.3. The summed E-state index contributed by atoms with van der Waals surface area (Å²) in [6, 6.07) is 0.205. The number of hydrogen-bond acceptors (Lipinski definition) is 4. The maximum Gasteiger partial charge on any atom is 0.220 e. The van der Waals surface area contributed by atoms with Crippen LogP contribution in [0.25, 0.3) is 0 Å². The predicted octanol–water partition coefficient (Wildman–Crippen LogP) is 6.28. The van der Waals surface area contributed by atoms with Crippen LogP contribution in [0.3, 0.4) is 0 Å². The molecule has 1 fully saturated rings. The van der Waals surface area contributed by atoms with E-state index in [4.69, 9.17) is 0 Å². The van der Waals surface area contributed by atoms with Gasteiger partial charge < -0.3 is 5.32 Å². The van der Waals surface area contributed by atoms with Gasteiger partial charge in [-0.2, -0.15) is 0 Å². The summed E-state index contributed by atoms with van der Waals surface area (Å²) in [7, 11) is 0. The molecule has 0 aromatic carbocycles. The lowest BCUT2D eigenvalue weighted by Crippen LogP contribution is -2.40. The fourth-order valence-corrected chi connectivity index (χ4v) is 5.37. The Bertz CT molecular complexity index is 727. The topological polar surface area (TPSA) is 44.7 Å². The summed E-state index contributed by atoms with van der Waals surface area (Å²) < 4.78 is 0. The first-order valence-corrected chi connectivity index (χ1v) is 13.2. The molecule has 1 unspecified atom stereocenters. The molecule has 1 heterocycles. The van der Waals surface area contributed by atoms with Crippen LogP contribution in [0.4, 0.5) is 0 Å². The molecule has 32 heavy (non-hydrogen) atoms. The Hall–Kier alpha value is -1.59. The van der Waals surface area contributed by atoms with Gasteiger partial charge >= 0.3 is 0 Å².